The fourth-order valence-electron chi connectivity index (χ4n) is 4.53. The highest BCUT2D eigenvalue weighted by Gasteiger charge is 2.13. The number of hydrogen-bond donors (Lipinski definition) is 1. The summed E-state index contributed by atoms with van der Waals surface area (Å²) in [6, 6.07) is 15.6. The van der Waals surface area contributed by atoms with Gasteiger partial charge in [0.15, 0.2) is 12.7 Å². The number of para-hydroxylation sites is 1. The molecule has 0 aliphatic heterocycles. The zero-order valence-corrected chi connectivity index (χ0v) is 23.7. The second kappa shape index (κ2) is 17.0. The number of aryl methyl sites for hydroxylation is 1. The zero-order valence-electron chi connectivity index (χ0n) is 22.8. The largest absolute Gasteiger partial charge is 0.493 e. The van der Waals surface area contributed by atoms with Crippen molar-refractivity contribution in [3.05, 3.63) is 76.2 Å². The molecule has 0 unspecified atom stereocenters. The minimum absolute atomic E-state index is 0.138. The quantitative estimate of drug-likeness (QED) is 0.134. The Morgan fingerprint density at radius 3 is 2.08 bits per heavy atom. The van der Waals surface area contributed by atoms with E-state index in [9.17, 15) is 4.79 Å². The number of nitrogens with one attached hydrogen (secondary N) is 1. The van der Waals surface area contributed by atoms with Gasteiger partial charge in [-0.15, -0.1) is 0 Å². The smallest absolute Gasteiger partial charge is 0.259 e. The molecule has 0 aliphatic carbocycles. The standard InChI is InChI=1S/C32H44N2O2S/c1-3-4-5-6-7-8-9-10-11-12-13-16-24-36-31-18-15-14-17-30(31)32(35)33-29-21-19-28(20-22-29)26-34-23-25-37-27(34)2/h14-15,17-23,25H,3-13,16,24,26H2,1-2H3/p+1. The monoisotopic (exact) mass is 521 g/mol. The average Bonchev–Trinajstić information content (AvgIpc) is 3.32. The third-order valence-corrected chi connectivity index (χ3v) is 7.67. The summed E-state index contributed by atoms with van der Waals surface area (Å²) in [5.41, 5.74) is 2.57. The number of nitrogens with zero attached hydrogens (tertiary/aromatic N) is 1. The van der Waals surface area contributed by atoms with Crippen LogP contribution in [0.2, 0.25) is 0 Å². The van der Waals surface area contributed by atoms with Crippen LogP contribution in [0.3, 0.4) is 0 Å². The predicted molar refractivity (Wildman–Crippen MR) is 156 cm³/mol. The molecule has 0 radical (unpaired) electrons. The van der Waals surface area contributed by atoms with Crippen molar-refractivity contribution in [2.24, 2.45) is 0 Å². The van der Waals surface area contributed by atoms with E-state index in [-0.39, 0.29) is 5.91 Å². The summed E-state index contributed by atoms with van der Waals surface area (Å²) in [5, 5.41) is 6.40. The molecule has 0 fully saturated rings. The van der Waals surface area contributed by atoms with E-state index in [1.807, 2.05) is 36.4 Å². The first kappa shape index (κ1) is 28.9. The zero-order chi connectivity index (χ0) is 26.1. The van der Waals surface area contributed by atoms with Gasteiger partial charge in [-0.25, -0.2) is 0 Å². The molecule has 37 heavy (non-hydrogen) atoms. The Kier molecular flexibility index (Phi) is 13.3. The SMILES string of the molecule is CCCCCCCCCCCCCCOc1ccccc1C(=O)Nc1ccc(C[n+]2ccsc2C)cc1. The van der Waals surface area contributed by atoms with Crippen molar-refractivity contribution in [3.8, 4) is 5.75 Å². The number of carbonyl (C=O) groups is 1. The molecular weight excluding hydrogens is 476 g/mol. The molecule has 0 atom stereocenters. The Labute approximate surface area is 228 Å². The fourth-order valence-corrected chi connectivity index (χ4v) is 5.20. The maximum Gasteiger partial charge on any atom is 0.259 e. The molecule has 0 aliphatic rings. The summed E-state index contributed by atoms with van der Waals surface area (Å²) in [6.45, 7) is 5.88. The summed E-state index contributed by atoms with van der Waals surface area (Å²) in [6.07, 6.45) is 17.9. The van der Waals surface area contributed by atoms with E-state index in [1.165, 1.54) is 81.2 Å². The summed E-state index contributed by atoms with van der Waals surface area (Å²) >= 11 is 1.74. The lowest BCUT2D eigenvalue weighted by atomic mass is 10.1. The number of rotatable bonds is 18. The lowest BCUT2D eigenvalue weighted by molar-refractivity contribution is -0.689. The average molecular weight is 522 g/mol. The van der Waals surface area contributed by atoms with Crippen LogP contribution in [0.25, 0.3) is 0 Å². The molecule has 5 heteroatoms. The molecule has 1 aromatic heterocycles. The Hall–Kier alpha value is -2.66. The maximum absolute atomic E-state index is 13.0. The minimum atomic E-state index is -0.138. The molecule has 0 saturated heterocycles. The highest BCUT2D eigenvalue weighted by molar-refractivity contribution is 7.09. The van der Waals surface area contributed by atoms with Crippen LogP contribution in [0.5, 0.6) is 5.75 Å². The van der Waals surface area contributed by atoms with Crippen molar-refractivity contribution >= 4 is 22.9 Å². The van der Waals surface area contributed by atoms with E-state index in [0.717, 1.165) is 18.7 Å². The van der Waals surface area contributed by atoms with Gasteiger partial charge in [0.2, 0.25) is 5.01 Å². The molecule has 1 N–H and O–H groups in total. The molecule has 3 aromatic rings. The van der Waals surface area contributed by atoms with Crippen LogP contribution < -0.4 is 14.6 Å². The molecule has 1 amide bonds. The third-order valence-electron chi connectivity index (χ3n) is 6.84. The van der Waals surface area contributed by atoms with Gasteiger partial charge in [-0.05, 0) is 30.7 Å². The Morgan fingerprint density at radius 1 is 0.838 bits per heavy atom. The van der Waals surface area contributed by atoms with Crippen LogP contribution >= 0.6 is 11.3 Å². The van der Waals surface area contributed by atoms with Crippen molar-refractivity contribution in [2.75, 3.05) is 11.9 Å². The highest BCUT2D eigenvalue weighted by atomic mass is 32.1. The second-order valence-electron chi connectivity index (χ2n) is 9.93. The molecular formula is C32H45N2O2S+. The molecule has 1 heterocycles. The molecule has 0 spiro atoms. The first-order chi connectivity index (χ1) is 18.2. The number of carbonyl (C=O) groups excluding carboxylic acids is 1. The van der Waals surface area contributed by atoms with Gasteiger partial charge in [0.1, 0.15) is 5.75 Å². The first-order valence-corrected chi connectivity index (χ1v) is 15.1. The van der Waals surface area contributed by atoms with Crippen LogP contribution in [0.4, 0.5) is 5.69 Å². The van der Waals surface area contributed by atoms with E-state index < -0.39 is 0 Å². The van der Waals surface area contributed by atoms with Gasteiger partial charge < -0.3 is 10.1 Å². The number of anilines is 1. The minimum Gasteiger partial charge on any atom is -0.493 e. The third kappa shape index (κ3) is 10.7. The van der Waals surface area contributed by atoms with Crippen LogP contribution in [-0.4, -0.2) is 12.5 Å². The summed E-state index contributed by atoms with van der Waals surface area (Å²) in [5.74, 6) is 0.519. The number of thiazole rings is 1. The first-order valence-electron chi connectivity index (χ1n) is 14.2. The van der Waals surface area contributed by atoms with E-state index in [1.54, 1.807) is 11.3 Å². The van der Waals surface area contributed by atoms with Crippen LogP contribution in [0.15, 0.2) is 60.1 Å². The number of amides is 1. The van der Waals surface area contributed by atoms with Crippen molar-refractivity contribution in [1.29, 1.82) is 0 Å². The molecule has 0 bridgehead atoms. The van der Waals surface area contributed by atoms with Gasteiger partial charge in [-0.2, -0.15) is 4.57 Å². The lowest BCUT2D eigenvalue weighted by Crippen LogP contribution is -2.34. The van der Waals surface area contributed by atoms with Crippen molar-refractivity contribution in [2.45, 2.75) is 97.4 Å². The topological polar surface area (TPSA) is 42.2 Å². The molecule has 4 nitrogen and oxygen atoms in total. The van der Waals surface area contributed by atoms with Crippen LogP contribution in [0, 0.1) is 6.92 Å². The fraction of sp³-hybridized carbons (Fsp3) is 0.500. The lowest BCUT2D eigenvalue weighted by Gasteiger charge is -2.12. The number of ether oxygens (including phenoxy) is 1. The van der Waals surface area contributed by atoms with Crippen molar-refractivity contribution < 1.29 is 14.1 Å². The number of aromatic nitrogens is 1. The van der Waals surface area contributed by atoms with Crippen LogP contribution in [0.1, 0.15) is 105 Å². The van der Waals surface area contributed by atoms with Gasteiger partial charge >= 0.3 is 0 Å². The number of hydrogen-bond acceptors (Lipinski definition) is 3. The van der Waals surface area contributed by atoms with E-state index in [0.29, 0.717) is 17.9 Å². The van der Waals surface area contributed by atoms with Crippen molar-refractivity contribution in [3.63, 3.8) is 0 Å². The van der Waals surface area contributed by atoms with E-state index in [4.69, 9.17) is 4.74 Å². The van der Waals surface area contributed by atoms with Crippen molar-refractivity contribution in [1.82, 2.24) is 0 Å². The molecule has 2 aromatic carbocycles. The Morgan fingerprint density at radius 2 is 1.46 bits per heavy atom. The van der Waals surface area contributed by atoms with Gasteiger partial charge in [-0.1, -0.05) is 113 Å². The van der Waals surface area contributed by atoms with E-state index >= 15 is 0 Å². The van der Waals surface area contributed by atoms with Gasteiger partial charge in [0.25, 0.3) is 5.91 Å². The number of benzene rings is 2. The highest BCUT2D eigenvalue weighted by Crippen LogP contribution is 2.21. The molecule has 0 saturated carbocycles. The molecule has 3 rings (SSSR count). The van der Waals surface area contributed by atoms with Crippen LogP contribution in [-0.2, 0) is 6.54 Å². The Balaban J connectivity index is 1.34. The summed E-state index contributed by atoms with van der Waals surface area (Å²) in [7, 11) is 0. The van der Waals surface area contributed by atoms with Gasteiger partial charge in [0, 0.05) is 18.2 Å². The normalized spacial score (nSPS) is 11.0. The van der Waals surface area contributed by atoms with Gasteiger partial charge in [-0.3, -0.25) is 4.79 Å². The molecule has 200 valence electrons. The maximum atomic E-state index is 13.0. The number of unbranched alkanes of at least 4 members (excludes halogenated alkanes) is 11. The second-order valence-corrected chi connectivity index (χ2v) is 11.0. The summed E-state index contributed by atoms with van der Waals surface area (Å²) in [4.78, 5) is 13.0. The Bertz CT molecular complexity index is 1040. The van der Waals surface area contributed by atoms with E-state index in [2.05, 4.69) is 47.4 Å². The predicted octanol–water partition coefficient (Wildman–Crippen LogP) is 8.72. The van der Waals surface area contributed by atoms with Gasteiger partial charge in [0.05, 0.1) is 17.6 Å². The summed E-state index contributed by atoms with van der Waals surface area (Å²) < 4.78 is 8.24.